The van der Waals surface area contributed by atoms with Crippen molar-refractivity contribution in [1.82, 2.24) is 0 Å². The second kappa shape index (κ2) is 13.5. The molecule has 2 radical (unpaired) electrons. The van der Waals surface area contributed by atoms with Crippen molar-refractivity contribution in [1.29, 1.82) is 0 Å². The molecule has 5 heteroatoms. The van der Waals surface area contributed by atoms with Crippen LogP contribution in [0.2, 0.25) is 0 Å². The Labute approximate surface area is 110 Å². The molecule has 0 heterocycles. The molecule has 0 spiro atoms. The van der Waals surface area contributed by atoms with Gasteiger partial charge in [-0.3, -0.25) is 0 Å². The molecule has 0 saturated heterocycles. The summed E-state index contributed by atoms with van der Waals surface area (Å²) in [6.45, 7) is 0. The van der Waals surface area contributed by atoms with E-state index in [2.05, 4.69) is 0 Å². The summed E-state index contributed by atoms with van der Waals surface area (Å²) in [5.41, 5.74) is 0. The molecule has 0 unspecified atom stereocenters. The van der Waals surface area contributed by atoms with Crippen LogP contribution in [0.4, 0.5) is 0 Å². The Morgan fingerprint density at radius 2 is 1.18 bits per heavy atom. The van der Waals surface area contributed by atoms with Crippen LogP contribution >= 0.6 is 0 Å². The van der Waals surface area contributed by atoms with E-state index >= 15 is 0 Å². The molecule has 0 aliphatic heterocycles. The molecule has 0 bridgehead atoms. The molecule has 0 saturated carbocycles. The quantitative estimate of drug-likeness (QED) is 0.504. The second-order valence-corrected chi connectivity index (χ2v) is 1.34. The Balaban J connectivity index is -0.0000000612. The summed E-state index contributed by atoms with van der Waals surface area (Å²) in [6.07, 6.45) is 0. The average Bonchev–Trinajstić information content (AvgIpc) is 1.69. The average molecular weight is 176 g/mol. The Kier molecular flexibility index (Phi) is 27.9. The summed E-state index contributed by atoms with van der Waals surface area (Å²) in [5.74, 6) is 0.322. The van der Waals surface area contributed by atoms with Crippen molar-refractivity contribution in [3.63, 3.8) is 0 Å². The molecule has 0 aliphatic rings. The summed E-state index contributed by atoms with van der Waals surface area (Å²) >= 11 is 0. The number of rotatable bonds is 0. The van der Waals surface area contributed by atoms with Gasteiger partial charge in [0.2, 0.25) is 0 Å². The maximum absolute atomic E-state index is 8.63. The number of phenolic OH excluding ortho intramolecular Hbond substituents is 1. The van der Waals surface area contributed by atoms with Crippen molar-refractivity contribution < 1.29 is 16.1 Å². The predicted octanol–water partition coefficient (Wildman–Crippen LogP) is -1.02. The first-order valence-electron chi connectivity index (χ1n) is 2.13. The van der Waals surface area contributed by atoms with Gasteiger partial charge >= 0.3 is 0 Å². The second-order valence-electron chi connectivity index (χ2n) is 1.34. The minimum Gasteiger partial charge on any atom is -0.508 e. The van der Waals surface area contributed by atoms with Gasteiger partial charge in [-0.1, -0.05) is 18.2 Å². The molecule has 1 aromatic carbocycles. The van der Waals surface area contributed by atoms with Crippen LogP contribution in [0.25, 0.3) is 0 Å². The molecule has 1 aromatic rings. The van der Waals surface area contributed by atoms with Gasteiger partial charge in [0.1, 0.15) is 5.75 Å². The van der Waals surface area contributed by atoms with E-state index in [1.807, 2.05) is 6.07 Å². The number of hydrogen-bond donors (Lipinski definition) is 1. The molecular weight excluding hydrogens is 166 g/mol. The number of phenols is 1. The van der Waals surface area contributed by atoms with E-state index in [1.54, 1.807) is 24.3 Å². The van der Waals surface area contributed by atoms with Gasteiger partial charge in [-0.2, -0.15) is 0 Å². The zero-order valence-corrected chi connectivity index (χ0v) is 10.8. The smallest absolute Gasteiger partial charge is 0.115 e. The van der Waals surface area contributed by atoms with Gasteiger partial charge in [0, 0.05) is 59.1 Å². The van der Waals surface area contributed by atoms with E-state index in [0.29, 0.717) is 5.75 Å². The predicted molar refractivity (Wildman–Crippen MR) is 46.8 cm³/mol. The van der Waals surface area contributed by atoms with Crippen molar-refractivity contribution in [3.8, 4) is 5.75 Å². The third-order valence-corrected chi connectivity index (χ3v) is 0.756. The number of benzene rings is 1. The van der Waals surface area contributed by atoms with Crippen LogP contribution in [-0.2, 0) is 0 Å². The first-order valence-corrected chi connectivity index (χ1v) is 2.13. The minimum absolute atomic E-state index is 0. The van der Waals surface area contributed by atoms with Crippen LogP contribution in [0.15, 0.2) is 30.3 Å². The fourth-order valence-electron chi connectivity index (χ4n) is 0.428. The minimum atomic E-state index is 0. The zero-order valence-electron chi connectivity index (χ0n) is 6.83. The fraction of sp³-hybridized carbons (Fsp3) is 0. The maximum atomic E-state index is 8.63. The third kappa shape index (κ3) is 10.9. The van der Waals surface area contributed by atoms with Gasteiger partial charge < -0.3 is 16.1 Å². The van der Waals surface area contributed by atoms with Crippen molar-refractivity contribution in [2.24, 2.45) is 0 Å². The van der Waals surface area contributed by atoms with Gasteiger partial charge in [-0.15, -0.1) is 0 Å². The molecule has 5 N–H and O–H groups in total. The third-order valence-electron chi connectivity index (χ3n) is 0.756. The molecule has 0 amide bonds. The number of para-hydroxylation sites is 1. The van der Waals surface area contributed by atoms with Crippen LogP contribution < -0.4 is 0 Å². The first-order chi connectivity index (χ1) is 3.39. The van der Waals surface area contributed by atoms with E-state index in [9.17, 15) is 0 Å². The molecule has 0 fully saturated rings. The Morgan fingerprint density at radius 3 is 1.36 bits per heavy atom. The SMILES string of the molecule is O.O.Oc1ccccc1.[Na].[Na]. The Bertz CT molecular complexity index is 146. The van der Waals surface area contributed by atoms with Crippen LogP contribution in [0, 0.1) is 0 Å². The molecule has 0 atom stereocenters. The standard InChI is InChI=1S/C6H6O.2Na.2H2O/c7-6-4-2-1-3-5-6;;;;/h1-5,7H;;;2*1H2. The summed E-state index contributed by atoms with van der Waals surface area (Å²) in [5, 5.41) is 8.63. The van der Waals surface area contributed by atoms with E-state index in [1.165, 1.54) is 0 Å². The van der Waals surface area contributed by atoms with Crippen molar-refractivity contribution in [2.45, 2.75) is 0 Å². The van der Waals surface area contributed by atoms with Gasteiger partial charge in [-0.05, 0) is 12.1 Å². The summed E-state index contributed by atoms with van der Waals surface area (Å²) in [7, 11) is 0. The van der Waals surface area contributed by atoms with Crippen LogP contribution in [0.1, 0.15) is 0 Å². The van der Waals surface area contributed by atoms with Gasteiger partial charge in [0.05, 0.1) is 0 Å². The topological polar surface area (TPSA) is 83.2 Å². The normalized spacial score (nSPS) is 5.45. The fourth-order valence-corrected chi connectivity index (χ4v) is 0.428. The van der Waals surface area contributed by atoms with E-state index in [-0.39, 0.29) is 70.1 Å². The van der Waals surface area contributed by atoms with Gasteiger partial charge in [0.25, 0.3) is 0 Å². The Hall–Kier alpha value is 0.940. The number of hydrogen-bond acceptors (Lipinski definition) is 1. The van der Waals surface area contributed by atoms with Crippen molar-refractivity contribution >= 4 is 59.1 Å². The molecule has 11 heavy (non-hydrogen) atoms. The molecule has 0 aliphatic carbocycles. The van der Waals surface area contributed by atoms with E-state index < -0.39 is 0 Å². The maximum Gasteiger partial charge on any atom is 0.115 e. The largest absolute Gasteiger partial charge is 0.508 e. The summed E-state index contributed by atoms with van der Waals surface area (Å²) in [4.78, 5) is 0. The molecule has 54 valence electrons. The molecule has 1 rings (SSSR count). The zero-order chi connectivity index (χ0) is 5.11. The van der Waals surface area contributed by atoms with Crippen LogP contribution in [-0.4, -0.2) is 75.2 Å². The monoisotopic (exact) mass is 176 g/mol. The summed E-state index contributed by atoms with van der Waals surface area (Å²) < 4.78 is 0. The summed E-state index contributed by atoms with van der Waals surface area (Å²) in [6, 6.07) is 8.71. The Morgan fingerprint density at radius 1 is 0.818 bits per heavy atom. The van der Waals surface area contributed by atoms with Gasteiger partial charge in [0.15, 0.2) is 0 Å². The molecule has 3 nitrogen and oxygen atoms in total. The van der Waals surface area contributed by atoms with Crippen LogP contribution in [0.5, 0.6) is 5.75 Å². The van der Waals surface area contributed by atoms with E-state index in [0.717, 1.165) is 0 Å². The van der Waals surface area contributed by atoms with Crippen molar-refractivity contribution in [3.05, 3.63) is 30.3 Å². The number of aromatic hydroxyl groups is 1. The first kappa shape index (κ1) is 22.7. The van der Waals surface area contributed by atoms with Gasteiger partial charge in [-0.25, -0.2) is 0 Å². The van der Waals surface area contributed by atoms with Crippen LogP contribution in [0.3, 0.4) is 0 Å². The molecule has 0 aromatic heterocycles. The molecular formula is C6H10Na2O3. The van der Waals surface area contributed by atoms with Crippen molar-refractivity contribution in [2.75, 3.05) is 0 Å². The van der Waals surface area contributed by atoms with E-state index in [4.69, 9.17) is 5.11 Å².